The molecule has 0 aromatic carbocycles. The van der Waals surface area contributed by atoms with Gasteiger partial charge in [0.2, 0.25) is 0 Å². The van der Waals surface area contributed by atoms with Crippen molar-refractivity contribution in [2.75, 3.05) is 33.2 Å². The first kappa shape index (κ1) is 17.2. The lowest BCUT2D eigenvalue weighted by Crippen LogP contribution is -2.47. The topological polar surface area (TPSA) is 61.4 Å². The molecular weight excluding hydrogens is 286 g/mol. The van der Waals surface area contributed by atoms with E-state index in [2.05, 4.69) is 17.0 Å². The van der Waals surface area contributed by atoms with E-state index in [1.165, 1.54) is 19.3 Å². The highest BCUT2D eigenvalue weighted by molar-refractivity contribution is 7.87. The van der Waals surface area contributed by atoms with Crippen LogP contribution in [0.2, 0.25) is 0 Å². The Morgan fingerprint density at radius 2 is 1.71 bits per heavy atom. The quantitative estimate of drug-likeness (QED) is 0.782. The molecule has 0 aromatic rings. The largest absolute Gasteiger partial charge is 0.319 e. The molecule has 0 aromatic heterocycles. The van der Waals surface area contributed by atoms with Gasteiger partial charge in [-0.3, -0.25) is 0 Å². The zero-order valence-electron chi connectivity index (χ0n) is 13.5. The molecule has 5 nitrogen and oxygen atoms in total. The first-order chi connectivity index (χ1) is 10.0. The van der Waals surface area contributed by atoms with Gasteiger partial charge >= 0.3 is 0 Å². The minimum Gasteiger partial charge on any atom is -0.319 e. The maximum absolute atomic E-state index is 12.4. The highest BCUT2D eigenvalue weighted by atomic mass is 32.2. The Morgan fingerprint density at radius 1 is 1.05 bits per heavy atom. The summed E-state index contributed by atoms with van der Waals surface area (Å²) in [5.74, 6) is 1.76. The molecule has 124 valence electrons. The van der Waals surface area contributed by atoms with Crippen LogP contribution in [0.1, 0.15) is 45.4 Å². The lowest BCUT2D eigenvalue weighted by molar-refractivity contribution is 0.248. The Balaban J connectivity index is 1.79. The van der Waals surface area contributed by atoms with E-state index in [1.54, 1.807) is 4.31 Å². The minimum absolute atomic E-state index is 0.510. The zero-order chi connectivity index (χ0) is 15.3. The smallest absolute Gasteiger partial charge is 0.279 e. The summed E-state index contributed by atoms with van der Waals surface area (Å²) >= 11 is 0. The van der Waals surface area contributed by atoms with Crippen LogP contribution >= 0.6 is 0 Å². The van der Waals surface area contributed by atoms with E-state index in [0.29, 0.717) is 37.4 Å². The molecule has 0 amide bonds. The molecule has 0 bridgehead atoms. The van der Waals surface area contributed by atoms with E-state index in [9.17, 15) is 8.42 Å². The van der Waals surface area contributed by atoms with E-state index in [-0.39, 0.29) is 0 Å². The van der Waals surface area contributed by atoms with Crippen LogP contribution in [0.15, 0.2) is 0 Å². The molecule has 1 saturated carbocycles. The molecule has 2 atom stereocenters. The fourth-order valence-electron chi connectivity index (χ4n) is 3.64. The standard InChI is InChI=1S/C15H31N3O2S/c1-13-5-3-4-6-15(13)12-17-21(19,20)18-9-7-14(8-10-18)11-16-2/h13-17H,3-12H2,1-2H3. The predicted octanol–water partition coefficient (Wildman–Crippen LogP) is 1.58. The van der Waals surface area contributed by atoms with Crippen LogP contribution in [0.5, 0.6) is 0 Å². The Labute approximate surface area is 130 Å². The van der Waals surface area contributed by atoms with Gasteiger partial charge < -0.3 is 5.32 Å². The molecule has 2 rings (SSSR count). The van der Waals surface area contributed by atoms with Crippen molar-refractivity contribution in [3.05, 3.63) is 0 Å². The van der Waals surface area contributed by atoms with Crippen LogP contribution < -0.4 is 10.0 Å². The number of hydrogen-bond donors (Lipinski definition) is 2. The second-order valence-electron chi connectivity index (χ2n) is 6.78. The van der Waals surface area contributed by atoms with Crippen LogP contribution in [-0.4, -0.2) is 45.9 Å². The first-order valence-electron chi connectivity index (χ1n) is 8.42. The lowest BCUT2D eigenvalue weighted by atomic mass is 9.81. The molecule has 0 spiro atoms. The molecule has 2 aliphatic rings. The fraction of sp³-hybridized carbons (Fsp3) is 1.00. The van der Waals surface area contributed by atoms with Crippen LogP contribution in [0.25, 0.3) is 0 Å². The summed E-state index contributed by atoms with van der Waals surface area (Å²) in [6.07, 6.45) is 6.86. The van der Waals surface area contributed by atoms with Crippen molar-refractivity contribution in [2.24, 2.45) is 17.8 Å². The van der Waals surface area contributed by atoms with E-state index in [1.807, 2.05) is 7.05 Å². The Hall–Kier alpha value is -0.170. The summed E-state index contributed by atoms with van der Waals surface area (Å²) < 4.78 is 29.3. The number of nitrogens with one attached hydrogen (secondary N) is 2. The molecule has 2 N–H and O–H groups in total. The lowest BCUT2D eigenvalue weighted by Gasteiger charge is -2.33. The third-order valence-corrected chi connectivity index (χ3v) is 6.80. The monoisotopic (exact) mass is 317 g/mol. The van der Waals surface area contributed by atoms with Crippen LogP contribution in [0, 0.1) is 17.8 Å². The number of hydrogen-bond acceptors (Lipinski definition) is 3. The van der Waals surface area contributed by atoms with Crippen molar-refractivity contribution >= 4 is 10.2 Å². The van der Waals surface area contributed by atoms with E-state index in [4.69, 9.17) is 0 Å². The normalized spacial score (nSPS) is 29.6. The predicted molar refractivity (Wildman–Crippen MR) is 86.3 cm³/mol. The van der Waals surface area contributed by atoms with Gasteiger partial charge in [-0.25, -0.2) is 4.72 Å². The highest BCUT2D eigenvalue weighted by Gasteiger charge is 2.29. The van der Waals surface area contributed by atoms with Crippen molar-refractivity contribution in [2.45, 2.75) is 45.4 Å². The molecule has 0 radical (unpaired) electrons. The summed E-state index contributed by atoms with van der Waals surface area (Å²) in [6.45, 7) is 5.16. The van der Waals surface area contributed by atoms with E-state index < -0.39 is 10.2 Å². The molecule has 2 unspecified atom stereocenters. The minimum atomic E-state index is -3.28. The molecule has 1 aliphatic heterocycles. The summed E-state index contributed by atoms with van der Waals surface area (Å²) in [4.78, 5) is 0. The van der Waals surface area contributed by atoms with E-state index >= 15 is 0 Å². The number of nitrogens with zero attached hydrogens (tertiary/aromatic N) is 1. The van der Waals surface area contributed by atoms with Gasteiger partial charge in [0.15, 0.2) is 0 Å². The fourth-order valence-corrected chi connectivity index (χ4v) is 4.94. The SMILES string of the molecule is CNCC1CCN(S(=O)(=O)NCC2CCCCC2C)CC1. The second-order valence-corrected chi connectivity index (χ2v) is 8.53. The van der Waals surface area contributed by atoms with Gasteiger partial charge in [-0.1, -0.05) is 26.2 Å². The van der Waals surface area contributed by atoms with Crippen LogP contribution in [0.4, 0.5) is 0 Å². The molecule has 21 heavy (non-hydrogen) atoms. The van der Waals surface area contributed by atoms with E-state index in [0.717, 1.165) is 25.8 Å². The van der Waals surface area contributed by atoms with Crippen molar-refractivity contribution in [3.63, 3.8) is 0 Å². The maximum atomic E-state index is 12.4. The average molecular weight is 317 g/mol. The van der Waals surface area contributed by atoms with Gasteiger partial charge in [-0.05, 0) is 50.6 Å². The van der Waals surface area contributed by atoms with Crippen molar-refractivity contribution in [1.29, 1.82) is 0 Å². The van der Waals surface area contributed by atoms with Crippen molar-refractivity contribution in [3.8, 4) is 0 Å². The third-order valence-electron chi connectivity index (χ3n) is 5.22. The summed E-state index contributed by atoms with van der Waals surface area (Å²) in [6, 6.07) is 0. The van der Waals surface area contributed by atoms with Gasteiger partial charge in [0.25, 0.3) is 10.2 Å². The van der Waals surface area contributed by atoms with Crippen LogP contribution in [-0.2, 0) is 10.2 Å². The maximum Gasteiger partial charge on any atom is 0.279 e. The highest BCUT2D eigenvalue weighted by Crippen LogP contribution is 2.29. The zero-order valence-corrected chi connectivity index (χ0v) is 14.3. The van der Waals surface area contributed by atoms with Gasteiger partial charge in [0.05, 0.1) is 0 Å². The molecular formula is C15H31N3O2S. The molecule has 1 heterocycles. The first-order valence-corrected chi connectivity index (χ1v) is 9.86. The van der Waals surface area contributed by atoms with Crippen LogP contribution in [0.3, 0.4) is 0 Å². The molecule has 2 fully saturated rings. The Kier molecular flexibility index (Phi) is 6.47. The molecule has 6 heteroatoms. The second kappa shape index (κ2) is 7.90. The summed E-state index contributed by atoms with van der Waals surface area (Å²) in [5.41, 5.74) is 0. The average Bonchev–Trinajstić information content (AvgIpc) is 2.47. The van der Waals surface area contributed by atoms with Gasteiger partial charge in [-0.2, -0.15) is 12.7 Å². The van der Waals surface area contributed by atoms with Gasteiger partial charge in [0.1, 0.15) is 0 Å². The third kappa shape index (κ3) is 4.91. The van der Waals surface area contributed by atoms with Crippen molar-refractivity contribution < 1.29 is 8.42 Å². The Morgan fingerprint density at radius 3 is 2.33 bits per heavy atom. The summed E-state index contributed by atoms with van der Waals surface area (Å²) in [5, 5.41) is 3.18. The molecule has 1 aliphatic carbocycles. The van der Waals surface area contributed by atoms with Gasteiger partial charge in [0, 0.05) is 19.6 Å². The summed E-state index contributed by atoms with van der Waals surface area (Å²) in [7, 11) is -1.33. The Bertz CT molecular complexity index is 405. The number of piperidine rings is 1. The molecule has 1 saturated heterocycles. The van der Waals surface area contributed by atoms with Gasteiger partial charge in [-0.15, -0.1) is 0 Å². The number of rotatable bonds is 6. The van der Waals surface area contributed by atoms with Crippen molar-refractivity contribution in [1.82, 2.24) is 14.3 Å².